The fraction of sp³-hybridized carbons (Fsp3) is 0.0909. The highest BCUT2D eigenvalue weighted by Crippen LogP contribution is 2.27. The van der Waals surface area contributed by atoms with Crippen molar-refractivity contribution in [2.45, 2.75) is 0 Å². The molecule has 0 saturated heterocycles. The maximum absolute atomic E-state index is 13.0. The minimum Gasteiger partial charge on any atom is -0.437 e. The Bertz CT molecular complexity index is 536. The lowest BCUT2D eigenvalue weighted by Gasteiger charge is -2.07. The average Bonchev–Trinajstić information content (AvgIpc) is 2.32. The van der Waals surface area contributed by atoms with Crippen molar-refractivity contribution in [3.63, 3.8) is 0 Å². The molecule has 0 amide bonds. The maximum Gasteiger partial charge on any atom is 0.243 e. The van der Waals surface area contributed by atoms with Crippen molar-refractivity contribution in [1.29, 1.82) is 0 Å². The fourth-order valence-electron chi connectivity index (χ4n) is 1.19. The second kappa shape index (κ2) is 4.97. The summed E-state index contributed by atoms with van der Waals surface area (Å²) in [5.41, 5.74) is 0. The average molecular weight is 254 g/mol. The van der Waals surface area contributed by atoms with Crippen LogP contribution in [0.1, 0.15) is 0 Å². The van der Waals surface area contributed by atoms with Crippen LogP contribution in [0.4, 0.5) is 10.3 Å². The van der Waals surface area contributed by atoms with Gasteiger partial charge >= 0.3 is 0 Å². The third-order valence-electron chi connectivity index (χ3n) is 1.95. The number of halogens is 2. The van der Waals surface area contributed by atoms with Crippen LogP contribution in [0.2, 0.25) is 5.02 Å². The van der Waals surface area contributed by atoms with Gasteiger partial charge in [0.25, 0.3) is 0 Å². The lowest BCUT2D eigenvalue weighted by atomic mass is 10.3. The Balaban J connectivity index is 2.29. The van der Waals surface area contributed by atoms with Gasteiger partial charge in [0.2, 0.25) is 11.8 Å². The second-order valence-corrected chi connectivity index (χ2v) is 3.56. The molecule has 0 saturated carbocycles. The molecule has 0 aliphatic rings. The SMILES string of the molecule is CNc1ncc(Cl)c(Oc2cccc(F)c2)n1. The molecule has 0 atom stereocenters. The van der Waals surface area contributed by atoms with Crippen molar-refractivity contribution in [2.75, 3.05) is 12.4 Å². The summed E-state index contributed by atoms with van der Waals surface area (Å²) in [7, 11) is 1.68. The Morgan fingerprint density at radius 1 is 1.41 bits per heavy atom. The van der Waals surface area contributed by atoms with E-state index in [0.29, 0.717) is 11.7 Å². The molecular weight excluding hydrogens is 245 g/mol. The number of benzene rings is 1. The van der Waals surface area contributed by atoms with E-state index in [1.54, 1.807) is 19.2 Å². The van der Waals surface area contributed by atoms with Crippen LogP contribution in [0.3, 0.4) is 0 Å². The number of ether oxygens (including phenoxy) is 1. The normalized spacial score (nSPS) is 10.1. The topological polar surface area (TPSA) is 47.0 Å². The number of anilines is 1. The lowest BCUT2D eigenvalue weighted by molar-refractivity contribution is 0.458. The van der Waals surface area contributed by atoms with Crippen molar-refractivity contribution in [1.82, 2.24) is 9.97 Å². The summed E-state index contributed by atoms with van der Waals surface area (Å²) in [6.45, 7) is 0. The van der Waals surface area contributed by atoms with Gasteiger partial charge in [0.05, 0.1) is 6.20 Å². The first-order valence-electron chi connectivity index (χ1n) is 4.83. The standard InChI is InChI=1S/C11H9ClFN3O/c1-14-11-15-6-9(12)10(16-11)17-8-4-2-3-7(13)5-8/h2-6H,1H3,(H,14,15,16). The van der Waals surface area contributed by atoms with E-state index in [0.717, 1.165) is 0 Å². The number of hydrogen-bond acceptors (Lipinski definition) is 4. The molecule has 0 aliphatic carbocycles. The molecule has 1 aromatic heterocycles. The van der Waals surface area contributed by atoms with Gasteiger partial charge in [0.1, 0.15) is 16.6 Å². The molecule has 88 valence electrons. The number of nitrogens with zero attached hydrogens (tertiary/aromatic N) is 2. The van der Waals surface area contributed by atoms with E-state index >= 15 is 0 Å². The molecule has 0 radical (unpaired) electrons. The maximum atomic E-state index is 13.0. The van der Waals surface area contributed by atoms with E-state index in [1.165, 1.54) is 18.3 Å². The van der Waals surface area contributed by atoms with E-state index in [1.807, 2.05) is 0 Å². The number of aromatic nitrogens is 2. The largest absolute Gasteiger partial charge is 0.437 e. The van der Waals surface area contributed by atoms with E-state index in [-0.39, 0.29) is 16.7 Å². The number of nitrogens with one attached hydrogen (secondary N) is 1. The highest BCUT2D eigenvalue weighted by molar-refractivity contribution is 6.31. The van der Waals surface area contributed by atoms with Gasteiger partial charge in [-0.15, -0.1) is 0 Å². The van der Waals surface area contributed by atoms with Crippen LogP contribution in [-0.2, 0) is 0 Å². The van der Waals surface area contributed by atoms with Crippen LogP contribution in [0, 0.1) is 5.82 Å². The van der Waals surface area contributed by atoms with Crippen molar-refractivity contribution in [2.24, 2.45) is 0 Å². The van der Waals surface area contributed by atoms with Crippen LogP contribution < -0.4 is 10.1 Å². The third kappa shape index (κ3) is 2.82. The highest BCUT2D eigenvalue weighted by Gasteiger charge is 2.07. The predicted molar refractivity (Wildman–Crippen MR) is 63.1 cm³/mol. The molecule has 2 rings (SSSR count). The molecule has 0 aliphatic heterocycles. The Morgan fingerprint density at radius 3 is 2.94 bits per heavy atom. The molecule has 1 aromatic carbocycles. The van der Waals surface area contributed by atoms with Crippen molar-refractivity contribution in [3.05, 3.63) is 41.3 Å². The van der Waals surface area contributed by atoms with Gasteiger partial charge in [0, 0.05) is 13.1 Å². The van der Waals surface area contributed by atoms with Gasteiger partial charge in [-0.05, 0) is 12.1 Å². The minimum atomic E-state index is -0.387. The van der Waals surface area contributed by atoms with Crippen molar-refractivity contribution < 1.29 is 9.13 Å². The molecule has 1 heterocycles. The van der Waals surface area contributed by atoms with Crippen molar-refractivity contribution >= 4 is 17.5 Å². The summed E-state index contributed by atoms with van der Waals surface area (Å²) in [5.74, 6) is 0.492. The molecule has 1 N–H and O–H groups in total. The predicted octanol–water partition coefficient (Wildman–Crippen LogP) is 3.10. The molecule has 6 heteroatoms. The zero-order valence-corrected chi connectivity index (χ0v) is 9.70. The Morgan fingerprint density at radius 2 is 2.24 bits per heavy atom. The second-order valence-electron chi connectivity index (χ2n) is 3.16. The molecule has 4 nitrogen and oxygen atoms in total. The summed E-state index contributed by atoms with van der Waals surface area (Å²) in [6.07, 6.45) is 1.41. The Kier molecular flexibility index (Phi) is 3.39. The van der Waals surface area contributed by atoms with Gasteiger partial charge < -0.3 is 10.1 Å². The molecule has 0 unspecified atom stereocenters. The molecule has 0 spiro atoms. The first-order valence-corrected chi connectivity index (χ1v) is 5.20. The molecule has 2 aromatic rings. The smallest absolute Gasteiger partial charge is 0.243 e. The zero-order chi connectivity index (χ0) is 12.3. The summed E-state index contributed by atoms with van der Waals surface area (Å²) in [6, 6.07) is 5.73. The minimum absolute atomic E-state index is 0.177. The van der Waals surface area contributed by atoms with E-state index in [4.69, 9.17) is 16.3 Å². The van der Waals surface area contributed by atoms with Crippen LogP contribution in [-0.4, -0.2) is 17.0 Å². The molecule has 0 fully saturated rings. The first kappa shape index (κ1) is 11.6. The highest BCUT2D eigenvalue weighted by atomic mass is 35.5. The molecular formula is C11H9ClFN3O. The summed E-state index contributed by atoms with van der Waals surface area (Å²) < 4.78 is 18.3. The van der Waals surface area contributed by atoms with Gasteiger partial charge in [-0.3, -0.25) is 0 Å². The van der Waals surface area contributed by atoms with Crippen LogP contribution in [0.15, 0.2) is 30.5 Å². The quantitative estimate of drug-likeness (QED) is 0.913. The van der Waals surface area contributed by atoms with Gasteiger partial charge in [0.15, 0.2) is 0 Å². The summed E-state index contributed by atoms with van der Waals surface area (Å²) >= 11 is 5.87. The first-order chi connectivity index (χ1) is 8.19. The number of rotatable bonds is 3. The molecule has 0 bridgehead atoms. The van der Waals surface area contributed by atoms with Crippen LogP contribution in [0.25, 0.3) is 0 Å². The third-order valence-corrected chi connectivity index (χ3v) is 2.21. The molecule has 17 heavy (non-hydrogen) atoms. The summed E-state index contributed by atoms with van der Waals surface area (Å²) in [4.78, 5) is 7.93. The van der Waals surface area contributed by atoms with Gasteiger partial charge in [-0.25, -0.2) is 9.37 Å². The van der Waals surface area contributed by atoms with Gasteiger partial charge in [-0.2, -0.15) is 4.98 Å². The van der Waals surface area contributed by atoms with E-state index in [2.05, 4.69) is 15.3 Å². The van der Waals surface area contributed by atoms with Crippen LogP contribution >= 0.6 is 11.6 Å². The Labute approximate surface area is 102 Å². The monoisotopic (exact) mass is 253 g/mol. The fourth-order valence-corrected chi connectivity index (χ4v) is 1.32. The van der Waals surface area contributed by atoms with Crippen LogP contribution in [0.5, 0.6) is 11.6 Å². The lowest BCUT2D eigenvalue weighted by Crippen LogP contribution is -1.98. The van der Waals surface area contributed by atoms with Crippen molar-refractivity contribution in [3.8, 4) is 11.6 Å². The zero-order valence-electron chi connectivity index (χ0n) is 8.95. The van der Waals surface area contributed by atoms with Gasteiger partial charge in [-0.1, -0.05) is 17.7 Å². The Hall–Kier alpha value is -1.88. The summed E-state index contributed by atoms with van der Waals surface area (Å²) in [5, 5.41) is 3.01. The number of hydrogen-bond donors (Lipinski definition) is 1. The van der Waals surface area contributed by atoms with E-state index in [9.17, 15) is 4.39 Å². The van der Waals surface area contributed by atoms with E-state index < -0.39 is 0 Å².